The van der Waals surface area contributed by atoms with Crippen LogP contribution < -0.4 is 14.3 Å². The number of hydrogen-bond donors (Lipinski definition) is 1. The molecule has 0 fully saturated rings. The molecule has 0 saturated carbocycles. The largest absolute Gasteiger partial charge is 0.492 e. The molecule has 0 aliphatic heterocycles. The molecule has 0 aliphatic carbocycles. The van der Waals surface area contributed by atoms with E-state index in [-0.39, 0.29) is 22.9 Å². The number of sulfonamides is 1. The molecule has 1 aromatic heterocycles. The van der Waals surface area contributed by atoms with Gasteiger partial charge in [-0.25, -0.2) is 13.1 Å². The van der Waals surface area contributed by atoms with E-state index in [2.05, 4.69) is 4.72 Å². The number of nitrogens with one attached hydrogen (secondary N) is 1. The third-order valence-corrected chi connectivity index (χ3v) is 7.74. The molecule has 32 heavy (non-hydrogen) atoms. The minimum absolute atomic E-state index is 0.117. The van der Waals surface area contributed by atoms with Gasteiger partial charge in [0.05, 0.1) is 21.7 Å². The number of aromatic nitrogens is 1. The van der Waals surface area contributed by atoms with Gasteiger partial charge in [-0.1, -0.05) is 53.8 Å². The van der Waals surface area contributed by atoms with Gasteiger partial charge in [0.1, 0.15) is 12.4 Å². The Balaban J connectivity index is 1.46. The maximum Gasteiger partial charge on any atom is 0.308 e. The fourth-order valence-electron chi connectivity index (χ4n) is 3.43. The Bertz CT molecular complexity index is 1410. The van der Waals surface area contributed by atoms with Gasteiger partial charge in [0.2, 0.25) is 10.0 Å². The van der Waals surface area contributed by atoms with Crippen LogP contribution in [0.4, 0.5) is 0 Å². The van der Waals surface area contributed by atoms with Gasteiger partial charge in [-0.3, -0.25) is 9.36 Å². The van der Waals surface area contributed by atoms with Gasteiger partial charge in [-0.2, -0.15) is 0 Å². The second kappa shape index (κ2) is 9.28. The van der Waals surface area contributed by atoms with Crippen LogP contribution in [0.25, 0.3) is 10.2 Å². The molecule has 0 atom stereocenters. The van der Waals surface area contributed by atoms with Crippen molar-refractivity contribution in [3.63, 3.8) is 0 Å². The first-order valence-electron chi connectivity index (χ1n) is 10.2. The van der Waals surface area contributed by atoms with Gasteiger partial charge >= 0.3 is 4.87 Å². The number of thiazole rings is 1. The predicted octanol–water partition coefficient (Wildman–Crippen LogP) is 4.09. The number of nitrogens with zero attached hydrogens (tertiary/aromatic N) is 1. The van der Waals surface area contributed by atoms with Gasteiger partial charge in [0, 0.05) is 6.54 Å². The van der Waals surface area contributed by atoms with E-state index in [0.29, 0.717) is 11.2 Å². The van der Waals surface area contributed by atoms with E-state index < -0.39 is 10.0 Å². The zero-order valence-electron chi connectivity index (χ0n) is 17.9. The van der Waals surface area contributed by atoms with Crippen LogP contribution in [-0.2, 0) is 16.6 Å². The average molecular weight is 469 g/mol. The van der Waals surface area contributed by atoms with Crippen molar-refractivity contribution in [3.05, 3.63) is 93.1 Å². The number of fused-ring (bicyclic) bond motifs is 1. The van der Waals surface area contributed by atoms with Crippen LogP contribution in [0.3, 0.4) is 0 Å². The van der Waals surface area contributed by atoms with Gasteiger partial charge < -0.3 is 4.74 Å². The summed E-state index contributed by atoms with van der Waals surface area (Å²) in [6, 6.07) is 20.2. The molecule has 0 saturated heterocycles. The highest BCUT2D eigenvalue weighted by atomic mass is 32.2. The zero-order chi connectivity index (χ0) is 22.7. The highest BCUT2D eigenvalue weighted by Crippen LogP contribution is 2.23. The smallest absolute Gasteiger partial charge is 0.308 e. The van der Waals surface area contributed by atoms with E-state index in [4.69, 9.17) is 4.74 Å². The van der Waals surface area contributed by atoms with Crippen molar-refractivity contribution in [1.29, 1.82) is 0 Å². The van der Waals surface area contributed by atoms with Crippen molar-refractivity contribution < 1.29 is 13.2 Å². The second-order valence-electron chi connectivity index (χ2n) is 7.51. The molecule has 166 valence electrons. The highest BCUT2D eigenvalue weighted by molar-refractivity contribution is 7.89. The van der Waals surface area contributed by atoms with Crippen molar-refractivity contribution in [2.45, 2.75) is 25.3 Å². The molecule has 0 aliphatic rings. The quantitative estimate of drug-likeness (QED) is 0.395. The summed E-state index contributed by atoms with van der Waals surface area (Å²) in [4.78, 5) is 12.5. The summed E-state index contributed by atoms with van der Waals surface area (Å²) in [7, 11) is -3.72. The van der Waals surface area contributed by atoms with Crippen molar-refractivity contribution in [2.24, 2.45) is 0 Å². The average Bonchev–Trinajstić information content (AvgIpc) is 3.09. The lowest BCUT2D eigenvalue weighted by molar-refractivity contribution is 0.320. The van der Waals surface area contributed by atoms with Crippen molar-refractivity contribution in [2.75, 3.05) is 13.2 Å². The minimum Gasteiger partial charge on any atom is -0.492 e. The van der Waals surface area contributed by atoms with E-state index in [1.54, 1.807) is 16.7 Å². The standard InChI is InChI=1S/C24H24N2O4S2/c1-17-7-6-10-22(18(17)2)30-14-13-25-32(28,29)20-11-12-21-23(15-20)31-24(27)26(21)16-19-8-4-3-5-9-19/h3-12,15,25H,13-14,16H2,1-2H3. The zero-order valence-corrected chi connectivity index (χ0v) is 19.5. The molecule has 3 aromatic carbocycles. The number of hydrogen-bond acceptors (Lipinski definition) is 5. The summed E-state index contributed by atoms with van der Waals surface area (Å²) < 4.78 is 36.1. The monoisotopic (exact) mass is 468 g/mol. The Morgan fingerprint density at radius 3 is 2.56 bits per heavy atom. The maximum absolute atomic E-state index is 12.7. The topological polar surface area (TPSA) is 77.4 Å². The van der Waals surface area contributed by atoms with Crippen LogP contribution in [0.15, 0.2) is 76.4 Å². The molecule has 0 unspecified atom stereocenters. The maximum atomic E-state index is 12.7. The lowest BCUT2D eigenvalue weighted by Crippen LogP contribution is -2.28. The molecule has 0 spiro atoms. The molecule has 8 heteroatoms. The number of ether oxygens (including phenoxy) is 1. The molecule has 0 radical (unpaired) electrons. The van der Waals surface area contributed by atoms with Gasteiger partial charge in [0.25, 0.3) is 0 Å². The Kier molecular flexibility index (Phi) is 6.45. The van der Waals surface area contributed by atoms with E-state index in [1.165, 1.54) is 6.07 Å². The molecule has 4 rings (SSSR count). The molecule has 0 amide bonds. The Hall–Kier alpha value is -2.94. The molecule has 4 aromatic rings. The Labute approximate surface area is 191 Å². The SMILES string of the molecule is Cc1cccc(OCCNS(=O)(=O)c2ccc3c(c2)sc(=O)n3Cc2ccccc2)c1C. The molecule has 1 N–H and O–H groups in total. The highest BCUT2D eigenvalue weighted by Gasteiger charge is 2.17. The Morgan fingerprint density at radius 2 is 1.78 bits per heavy atom. The third kappa shape index (κ3) is 4.77. The number of benzene rings is 3. The minimum atomic E-state index is -3.72. The summed E-state index contributed by atoms with van der Waals surface area (Å²) in [5.41, 5.74) is 3.89. The van der Waals surface area contributed by atoms with Crippen LogP contribution in [0.2, 0.25) is 0 Å². The van der Waals surface area contributed by atoms with Crippen molar-refractivity contribution in [3.8, 4) is 5.75 Å². The predicted molar refractivity (Wildman–Crippen MR) is 128 cm³/mol. The molecule has 0 bridgehead atoms. The second-order valence-corrected chi connectivity index (χ2v) is 10.3. The Morgan fingerprint density at radius 1 is 1.00 bits per heavy atom. The van der Waals surface area contributed by atoms with E-state index in [1.807, 2.05) is 62.4 Å². The fourth-order valence-corrected chi connectivity index (χ4v) is 5.47. The summed E-state index contributed by atoms with van der Waals surface area (Å²) in [6.45, 7) is 4.77. The molecule has 1 heterocycles. The van der Waals surface area contributed by atoms with Crippen LogP contribution in [0.5, 0.6) is 5.75 Å². The van der Waals surface area contributed by atoms with Gasteiger partial charge in [-0.15, -0.1) is 0 Å². The summed E-state index contributed by atoms with van der Waals surface area (Å²) in [5, 5.41) is 0. The first-order valence-corrected chi connectivity index (χ1v) is 12.5. The number of aryl methyl sites for hydroxylation is 1. The molecular weight excluding hydrogens is 444 g/mol. The van der Waals surface area contributed by atoms with Crippen molar-refractivity contribution >= 4 is 31.6 Å². The summed E-state index contributed by atoms with van der Waals surface area (Å²) in [5.74, 6) is 0.746. The van der Waals surface area contributed by atoms with Gasteiger partial charge in [0.15, 0.2) is 0 Å². The van der Waals surface area contributed by atoms with E-state index >= 15 is 0 Å². The lowest BCUT2D eigenvalue weighted by Gasteiger charge is -2.12. The number of rotatable bonds is 8. The first-order chi connectivity index (χ1) is 15.3. The summed E-state index contributed by atoms with van der Waals surface area (Å²) >= 11 is 1.05. The van der Waals surface area contributed by atoms with Crippen LogP contribution in [0, 0.1) is 13.8 Å². The van der Waals surface area contributed by atoms with E-state index in [9.17, 15) is 13.2 Å². The van der Waals surface area contributed by atoms with Crippen LogP contribution in [-0.4, -0.2) is 26.1 Å². The van der Waals surface area contributed by atoms with E-state index in [0.717, 1.165) is 39.3 Å². The van der Waals surface area contributed by atoms with Crippen molar-refractivity contribution in [1.82, 2.24) is 9.29 Å². The lowest BCUT2D eigenvalue weighted by atomic mass is 10.1. The van der Waals surface area contributed by atoms with Gasteiger partial charge in [-0.05, 0) is 54.8 Å². The first kappa shape index (κ1) is 22.3. The third-order valence-electron chi connectivity index (χ3n) is 5.34. The fraction of sp³-hybridized carbons (Fsp3) is 0.208. The molecule has 6 nitrogen and oxygen atoms in total. The van der Waals surface area contributed by atoms with Crippen LogP contribution >= 0.6 is 11.3 Å². The van der Waals surface area contributed by atoms with Crippen LogP contribution in [0.1, 0.15) is 16.7 Å². The summed E-state index contributed by atoms with van der Waals surface area (Å²) in [6.07, 6.45) is 0. The molecular formula is C24H24N2O4S2. The normalized spacial score (nSPS) is 11.7.